The third-order valence-corrected chi connectivity index (χ3v) is 3.71. The monoisotopic (exact) mass is 319 g/mol. The molecule has 0 aliphatic heterocycles. The predicted molar refractivity (Wildman–Crippen MR) is 96.9 cm³/mol. The molecule has 0 bridgehead atoms. The molecule has 122 valence electrons. The quantitative estimate of drug-likeness (QED) is 0.754. The van der Waals surface area contributed by atoms with Crippen LogP contribution in [0.2, 0.25) is 0 Å². The number of benzene rings is 2. The van der Waals surface area contributed by atoms with E-state index in [1.165, 1.54) is 16.7 Å². The first-order chi connectivity index (χ1) is 11.7. The van der Waals surface area contributed by atoms with Gasteiger partial charge in [0.2, 0.25) is 5.95 Å². The summed E-state index contributed by atoms with van der Waals surface area (Å²) in [6, 6.07) is 18.6. The molecule has 0 saturated heterocycles. The molecule has 3 rings (SSSR count). The molecule has 1 N–H and O–H groups in total. The van der Waals surface area contributed by atoms with Gasteiger partial charge in [-0.1, -0.05) is 60.2 Å². The lowest BCUT2D eigenvalue weighted by Crippen LogP contribution is -2.20. The molecule has 5 nitrogen and oxygen atoms in total. The Labute approximate surface area is 142 Å². The van der Waals surface area contributed by atoms with Gasteiger partial charge >= 0.3 is 0 Å². The third-order valence-electron chi connectivity index (χ3n) is 3.71. The molecule has 5 heteroatoms. The summed E-state index contributed by atoms with van der Waals surface area (Å²) in [5.41, 5.74) is 3.67. The van der Waals surface area contributed by atoms with Gasteiger partial charge in [0.1, 0.15) is 0 Å². The SMILES string of the molecule is Cc1cccc(CNc2cnnc(N(C)Cc3ccccc3)n2)c1. The Morgan fingerprint density at radius 1 is 1.00 bits per heavy atom. The molecule has 0 saturated carbocycles. The van der Waals surface area contributed by atoms with Crippen molar-refractivity contribution in [3.63, 3.8) is 0 Å². The van der Waals surface area contributed by atoms with Gasteiger partial charge in [-0.2, -0.15) is 10.1 Å². The molecule has 0 radical (unpaired) electrons. The minimum Gasteiger partial charge on any atom is -0.365 e. The highest BCUT2D eigenvalue weighted by molar-refractivity contribution is 5.40. The second-order valence-electron chi connectivity index (χ2n) is 5.83. The lowest BCUT2D eigenvalue weighted by Gasteiger charge is -2.17. The average Bonchev–Trinajstić information content (AvgIpc) is 2.61. The summed E-state index contributed by atoms with van der Waals surface area (Å²) in [5.74, 6) is 1.33. The van der Waals surface area contributed by atoms with Crippen LogP contribution in [0.25, 0.3) is 0 Å². The van der Waals surface area contributed by atoms with Crippen molar-refractivity contribution < 1.29 is 0 Å². The van der Waals surface area contributed by atoms with Crippen molar-refractivity contribution in [2.45, 2.75) is 20.0 Å². The fraction of sp³-hybridized carbons (Fsp3) is 0.211. The first-order valence-electron chi connectivity index (χ1n) is 7.95. The lowest BCUT2D eigenvalue weighted by atomic mass is 10.1. The van der Waals surface area contributed by atoms with E-state index in [-0.39, 0.29) is 0 Å². The highest BCUT2D eigenvalue weighted by atomic mass is 15.3. The van der Waals surface area contributed by atoms with Crippen LogP contribution in [0, 0.1) is 6.92 Å². The first-order valence-corrected chi connectivity index (χ1v) is 7.95. The number of hydrogen-bond acceptors (Lipinski definition) is 5. The van der Waals surface area contributed by atoms with Crippen LogP contribution in [0.15, 0.2) is 60.8 Å². The second-order valence-corrected chi connectivity index (χ2v) is 5.83. The highest BCUT2D eigenvalue weighted by Gasteiger charge is 2.07. The molecular weight excluding hydrogens is 298 g/mol. The van der Waals surface area contributed by atoms with Crippen LogP contribution in [-0.2, 0) is 13.1 Å². The van der Waals surface area contributed by atoms with Gasteiger partial charge in [-0.05, 0) is 18.1 Å². The van der Waals surface area contributed by atoms with Crippen molar-refractivity contribution in [3.8, 4) is 0 Å². The fourth-order valence-corrected chi connectivity index (χ4v) is 2.48. The summed E-state index contributed by atoms with van der Waals surface area (Å²) < 4.78 is 0. The standard InChI is InChI=1S/C19H21N5/c1-15-7-6-10-17(11-15)12-20-18-13-21-23-19(22-18)24(2)14-16-8-4-3-5-9-16/h3-11,13H,12,14H2,1-2H3,(H,20,22,23). The van der Waals surface area contributed by atoms with Gasteiger partial charge in [0.15, 0.2) is 5.82 Å². The maximum absolute atomic E-state index is 4.55. The van der Waals surface area contributed by atoms with Crippen molar-refractivity contribution in [2.24, 2.45) is 0 Å². The number of anilines is 2. The molecule has 0 amide bonds. The smallest absolute Gasteiger partial charge is 0.247 e. The maximum Gasteiger partial charge on any atom is 0.247 e. The molecule has 24 heavy (non-hydrogen) atoms. The minimum absolute atomic E-state index is 0.605. The lowest BCUT2D eigenvalue weighted by molar-refractivity contribution is 0.828. The van der Waals surface area contributed by atoms with E-state index >= 15 is 0 Å². The van der Waals surface area contributed by atoms with Crippen LogP contribution in [0.5, 0.6) is 0 Å². The number of nitrogens with zero attached hydrogens (tertiary/aromatic N) is 4. The van der Waals surface area contributed by atoms with E-state index in [1.807, 2.05) is 30.1 Å². The molecule has 2 aromatic carbocycles. The molecule has 1 aromatic heterocycles. The van der Waals surface area contributed by atoms with Gasteiger partial charge < -0.3 is 10.2 Å². The van der Waals surface area contributed by atoms with Gasteiger partial charge in [-0.25, -0.2) is 0 Å². The molecule has 0 aliphatic rings. The number of rotatable bonds is 6. The summed E-state index contributed by atoms with van der Waals surface area (Å²) in [5, 5.41) is 11.5. The molecule has 0 spiro atoms. The zero-order valence-corrected chi connectivity index (χ0v) is 14.0. The summed E-state index contributed by atoms with van der Waals surface area (Å²) >= 11 is 0. The third kappa shape index (κ3) is 4.29. The van der Waals surface area contributed by atoms with E-state index in [2.05, 4.69) is 63.8 Å². The maximum atomic E-state index is 4.55. The van der Waals surface area contributed by atoms with E-state index in [0.717, 1.165) is 12.4 Å². The Morgan fingerprint density at radius 2 is 1.79 bits per heavy atom. The summed E-state index contributed by atoms with van der Waals surface area (Å²) in [6.45, 7) is 3.54. The molecule has 3 aromatic rings. The fourth-order valence-electron chi connectivity index (χ4n) is 2.48. The van der Waals surface area contributed by atoms with Crippen molar-refractivity contribution >= 4 is 11.8 Å². The number of nitrogens with one attached hydrogen (secondary N) is 1. The van der Waals surface area contributed by atoms with Gasteiger partial charge in [0.25, 0.3) is 0 Å². The van der Waals surface area contributed by atoms with Crippen LogP contribution in [0.4, 0.5) is 11.8 Å². The summed E-state index contributed by atoms with van der Waals surface area (Å²) in [7, 11) is 1.97. The van der Waals surface area contributed by atoms with Crippen molar-refractivity contribution in [1.82, 2.24) is 15.2 Å². The van der Waals surface area contributed by atoms with Gasteiger partial charge in [-0.3, -0.25) is 0 Å². The van der Waals surface area contributed by atoms with E-state index in [0.29, 0.717) is 12.5 Å². The summed E-state index contributed by atoms with van der Waals surface area (Å²) in [6.07, 6.45) is 1.65. The Kier molecular flexibility index (Phi) is 5.01. The van der Waals surface area contributed by atoms with E-state index < -0.39 is 0 Å². The van der Waals surface area contributed by atoms with Gasteiger partial charge in [0.05, 0.1) is 6.20 Å². The molecule has 1 heterocycles. The Balaban J connectivity index is 1.65. The van der Waals surface area contributed by atoms with Crippen LogP contribution < -0.4 is 10.2 Å². The van der Waals surface area contributed by atoms with Crippen LogP contribution >= 0.6 is 0 Å². The Morgan fingerprint density at radius 3 is 2.58 bits per heavy atom. The summed E-state index contributed by atoms with van der Waals surface area (Å²) in [4.78, 5) is 6.53. The Bertz CT molecular complexity index is 789. The molecule has 0 unspecified atom stereocenters. The zero-order chi connectivity index (χ0) is 16.8. The van der Waals surface area contributed by atoms with E-state index in [9.17, 15) is 0 Å². The number of aromatic nitrogens is 3. The van der Waals surface area contributed by atoms with Crippen molar-refractivity contribution in [3.05, 3.63) is 77.5 Å². The largest absolute Gasteiger partial charge is 0.365 e. The van der Waals surface area contributed by atoms with Crippen LogP contribution in [0.1, 0.15) is 16.7 Å². The van der Waals surface area contributed by atoms with Crippen molar-refractivity contribution in [2.75, 3.05) is 17.3 Å². The van der Waals surface area contributed by atoms with Crippen molar-refractivity contribution in [1.29, 1.82) is 0 Å². The van der Waals surface area contributed by atoms with Gasteiger partial charge in [-0.15, -0.1) is 5.10 Å². The molecule has 0 fully saturated rings. The highest BCUT2D eigenvalue weighted by Crippen LogP contribution is 2.12. The average molecular weight is 319 g/mol. The number of aryl methyl sites for hydroxylation is 1. The van der Waals surface area contributed by atoms with E-state index in [1.54, 1.807) is 6.20 Å². The zero-order valence-electron chi connectivity index (χ0n) is 14.0. The van der Waals surface area contributed by atoms with E-state index in [4.69, 9.17) is 0 Å². The van der Waals surface area contributed by atoms with Gasteiger partial charge in [0, 0.05) is 20.1 Å². The second kappa shape index (κ2) is 7.55. The number of hydrogen-bond donors (Lipinski definition) is 1. The normalized spacial score (nSPS) is 10.4. The Hall–Kier alpha value is -2.95. The van der Waals surface area contributed by atoms with Crippen LogP contribution in [-0.4, -0.2) is 22.2 Å². The first kappa shape index (κ1) is 15.9. The topological polar surface area (TPSA) is 53.9 Å². The predicted octanol–water partition coefficient (Wildman–Crippen LogP) is 3.43. The van der Waals surface area contributed by atoms with Crippen LogP contribution in [0.3, 0.4) is 0 Å². The minimum atomic E-state index is 0.605. The molecule has 0 atom stereocenters. The molecule has 0 aliphatic carbocycles. The molecular formula is C19H21N5.